The van der Waals surface area contributed by atoms with Gasteiger partial charge in [0.2, 0.25) is 0 Å². The normalized spacial score (nSPS) is 16.1. The fourth-order valence-corrected chi connectivity index (χ4v) is 3.76. The van der Waals surface area contributed by atoms with Gasteiger partial charge in [-0.3, -0.25) is 5.43 Å². The van der Waals surface area contributed by atoms with Crippen molar-refractivity contribution in [3.05, 3.63) is 64.9 Å². The van der Waals surface area contributed by atoms with Crippen molar-refractivity contribution in [3.63, 3.8) is 0 Å². The molecule has 0 unspecified atom stereocenters. The number of urea groups is 1. The summed E-state index contributed by atoms with van der Waals surface area (Å²) in [5, 5.41) is 19.7. The number of amides is 2. The molecule has 2 amide bonds. The summed E-state index contributed by atoms with van der Waals surface area (Å²) in [5.41, 5.74) is 4.70. The van der Waals surface area contributed by atoms with E-state index in [-0.39, 0.29) is 18.3 Å². The van der Waals surface area contributed by atoms with Crippen LogP contribution in [0.4, 0.5) is 4.79 Å². The number of hydrazone groups is 1. The van der Waals surface area contributed by atoms with Gasteiger partial charge in [-0.25, -0.2) is 9.59 Å². The zero-order valence-corrected chi connectivity index (χ0v) is 22.1. The Balaban J connectivity index is 1.67. The Morgan fingerprint density at radius 2 is 1.97 bits per heavy atom. The Labute approximate surface area is 221 Å². The van der Waals surface area contributed by atoms with E-state index < -0.39 is 24.3 Å². The Hall–Kier alpha value is -4.25. The Morgan fingerprint density at radius 3 is 2.68 bits per heavy atom. The van der Waals surface area contributed by atoms with Crippen LogP contribution in [-0.4, -0.2) is 56.0 Å². The minimum Gasteiger partial charge on any atom is -0.491 e. The van der Waals surface area contributed by atoms with E-state index in [1.165, 1.54) is 7.11 Å². The van der Waals surface area contributed by atoms with E-state index in [0.717, 1.165) is 11.3 Å². The molecule has 0 radical (unpaired) electrons. The molecule has 38 heavy (non-hydrogen) atoms. The summed E-state index contributed by atoms with van der Waals surface area (Å²) in [5.74, 6) is 0.928. The van der Waals surface area contributed by atoms with Crippen molar-refractivity contribution < 1.29 is 33.6 Å². The zero-order chi connectivity index (χ0) is 27.7. The number of aliphatic hydroxyl groups excluding tert-OH is 1. The maximum atomic E-state index is 12.4. The van der Waals surface area contributed by atoms with Gasteiger partial charge in [0.05, 0.1) is 37.7 Å². The lowest BCUT2D eigenvalue weighted by molar-refractivity contribution is -0.136. The number of allylic oxidation sites excluding steroid dienone is 1. The van der Waals surface area contributed by atoms with Crippen molar-refractivity contribution >= 4 is 18.2 Å². The molecule has 0 spiro atoms. The first-order chi connectivity index (χ1) is 18.2. The third kappa shape index (κ3) is 7.62. The number of methoxy groups -OCH3 is 1. The van der Waals surface area contributed by atoms with E-state index in [2.05, 4.69) is 21.2 Å². The summed E-state index contributed by atoms with van der Waals surface area (Å²) in [6, 6.07) is 11.3. The second kappa shape index (κ2) is 13.3. The lowest BCUT2D eigenvalue weighted by atomic mass is 9.95. The number of benzene rings is 2. The minimum absolute atomic E-state index is 0.0591. The van der Waals surface area contributed by atoms with Crippen LogP contribution in [0.2, 0.25) is 0 Å². The second-order valence-electron chi connectivity index (χ2n) is 8.65. The molecule has 0 aliphatic carbocycles. The highest BCUT2D eigenvalue weighted by Gasteiger charge is 2.32. The van der Waals surface area contributed by atoms with E-state index in [1.807, 2.05) is 45.0 Å². The Bertz CT molecular complexity index is 1200. The summed E-state index contributed by atoms with van der Waals surface area (Å²) in [4.78, 5) is 24.5. The topological polar surface area (TPSA) is 140 Å². The summed E-state index contributed by atoms with van der Waals surface area (Å²) in [6.45, 7) is 7.58. The van der Waals surface area contributed by atoms with Crippen LogP contribution in [0.5, 0.6) is 17.2 Å². The molecule has 204 valence electrons. The van der Waals surface area contributed by atoms with Crippen LogP contribution >= 0.6 is 0 Å². The lowest BCUT2D eigenvalue weighted by Crippen LogP contribution is -2.45. The number of aliphatic hydroxyl groups is 1. The number of carbonyl (C=O) groups excluding carboxylic acids is 2. The molecule has 0 saturated carbocycles. The standard InChI is InChI=1S/C27H34N4O7/c1-6-36-22-13-19(25-24(26(33)35-5)17(4)29-27(34)30-25)10-11-21(22)37-15-23(32)31-28-14-18-8-7-9-20(12-18)38-16(2)3/h7-14,16,23,25,31-32H,6,15H2,1-5H3,(H2,29,30,34)/b28-14+/t23-,25-/m0/s1. The molecule has 4 N–H and O–H groups in total. The molecule has 1 heterocycles. The van der Waals surface area contributed by atoms with Gasteiger partial charge < -0.3 is 34.7 Å². The predicted molar refractivity (Wildman–Crippen MR) is 141 cm³/mol. The smallest absolute Gasteiger partial charge is 0.337 e. The number of nitrogens with zero attached hydrogens (tertiary/aromatic N) is 1. The van der Waals surface area contributed by atoms with Crippen molar-refractivity contribution in [1.82, 2.24) is 16.1 Å². The quantitative estimate of drug-likeness (QED) is 0.143. The average Bonchev–Trinajstić information content (AvgIpc) is 2.87. The van der Waals surface area contributed by atoms with Gasteiger partial charge >= 0.3 is 12.0 Å². The highest BCUT2D eigenvalue weighted by atomic mass is 16.5. The molecule has 11 nitrogen and oxygen atoms in total. The van der Waals surface area contributed by atoms with E-state index in [4.69, 9.17) is 18.9 Å². The fraction of sp³-hybridized carbons (Fsp3) is 0.370. The van der Waals surface area contributed by atoms with Crippen molar-refractivity contribution in [2.45, 2.75) is 46.1 Å². The van der Waals surface area contributed by atoms with Crippen molar-refractivity contribution in [1.29, 1.82) is 0 Å². The van der Waals surface area contributed by atoms with Crippen LogP contribution in [0.25, 0.3) is 0 Å². The third-order valence-corrected chi connectivity index (χ3v) is 5.34. The average molecular weight is 527 g/mol. The van der Waals surface area contributed by atoms with Gasteiger partial charge in [0, 0.05) is 5.70 Å². The first-order valence-corrected chi connectivity index (χ1v) is 12.2. The van der Waals surface area contributed by atoms with Crippen molar-refractivity contribution in [2.75, 3.05) is 20.3 Å². The molecule has 2 aromatic carbocycles. The number of nitrogens with one attached hydrogen (secondary N) is 3. The zero-order valence-electron chi connectivity index (χ0n) is 22.1. The van der Waals surface area contributed by atoms with E-state index in [9.17, 15) is 14.7 Å². The van der Waals surface area contributed by atoms with Crippen LogP contribution < -0.4 is 30.3 Å². The maximum absolute atomic E-state index is 12.4. The Morgan fingerprint density at radius 1 is 1.18 bits per heavy atom. The van der Waals surface area contributed by atoms with Crippen LogP contribution in [0.15, 0.2) is 58.8 Å². The van der Waals surface area contributed by atoms with Crippen LogP contribution in [-0.2, 0) is 9.53 Å². The monoisotopic (exact) mass is 526 g/mol. The molecule has 0 fully saturated rings. The number of rotatable bonds is 12. The van der Waals surface area contributed by atoms with Gasteiger partial charge in [-0.05, 0) is 63.1 Å². The molecule has 1 aliphatic heterocycles. The van der Waals surface area contributed by atoms with Gasteiger partial charge in [-0.2, -0.15) is 5.10 Å². The third-order valence-electron chi connectivity index (χ3n) is 5.34. The first-order valence-electron chi connectivity index (χ1n) is 12.2. The van der Waals surface area contributed by atoms with Gasteiger partial charge in [0.1, 0.15) is 12.4 Å². The summed E-state index contributed by atoms with van der Waals surface area (Å²) in [6.07, 6.45) is 0.526. The molecular weight excluding hydrogens is 492 g/mol. The molecular formula is C27H34N4O7. The molecule has 11 heteroatoms. The van der Waals surface area contributed by atoms with Gasteiger partial charge in [0.25, 0.3) is 0 Å². The van der Waals surface area contributed by atoms with E-state index >= 15 is 0 Å². The fourth-order valence-electron chi connectivity index (χ4n) is 3.76. The van der Waals surface area contributed by atoms with Gasteiger partial charge in [-0.15, -0.1) is 0 Å². The minimum atomic E-state index is -1.10. The van der Waals surface area contributed by atoms with Crippen molar-refractivity contribution in [2.24, 2.45) is 5.10 Å². The molecule has 2 atom stereocenters. The molecule has 0 saturated heterocycles. The van der Waals surface area contributed by atoms with Crippen LogP contribution in [0.1, 0.15) is 44.9 Å². The maximum Gasteiger partial charge on any atom is 0.337 e. The molecule has 0 bridgehead atoms. The number of hydrogen-bond acceptors (Lipinski definition) is 9. The molecule has 3 rings (SSSR count). The number of hydrogen-bond donors (Lipinski definition) is 4. The van der Waals surface area contributed by atoms with E-state index in [1.54, 1.807) is 31.3 Å². The van der Waals surface area contributed by atoms with Gasteiger partial charge in [-0.1, -0.05) is 18.2 Å². The SMILES string of the molecule is CCOc1cc([C@@H]2NC(=O)NC(C)=C2C(=O)OC)ccc1OC[C@H](O)N/N=C/c1cccc(OC(C)C)c1. The highest BCUT2D eigenvalue weighted by molar-refractivity contribution is 5.95. The number of esters is 1. The van der Waals surface area contributed by atoms with Gasteiger partial charge in [0.15, 0.2) is 17.7 Å². The van der Waals surface area contributed by atoms with E-state index in [0.29, 0.717) is 29.4 Å². The second-order valence-corrected chi connectivity index (χ2v) is 8.65. The number of ether oxygens (including phenoxy) is 4. The molecule has 2 aromatic rings. The predicted octanol–water partition coefficient (Wildman–Crippen LogP) is 2.99. The lowest BCUT2D eigenvalue weighted by Gasteiger charge is -2.28. The summed E-state index contributed by atoms with van der Waals surface area (Å²) < 4.78 is 22.1. The van der Waals surface area contributed by atoms with Crippen LogP contribution in [0.3, 0.4) is 0 Å². The number of carbonyl (C=O) groups is 2. The molecule has 0 aromatic heterocycles. The largest absolute Gasteiger partial charge is 0.491 e. The van der Waals surface area contributed by atoms with Crippen molar-refractivity contribution in [3.8, 4) is 17.2 Å². The first kappa shape index (κ1) is 28.3. The summed E-state index contributed by atoms with van der Waals surface area (Å²) >= 11 is 0. The summed E-state index contributed by atoms with van der Waals surface area (Å²) in [7, 11) is 1.28. The Kier molecular flexibility index (Phi) is 9.94. The van der Waals surface area contributed by atoms with Crippen LogP contribution in [0, 0.1) is 0 Å². The molecule has 1 aliphatic rings. The highest BCUT2D eigenvalue weighted by Crippen LogP contribution is 2.34.